The summed E-state index contributed by atoms with van der Waals surface area (Å²) >= 11 is 0. The number of nitrogens with one attached hydrogen (secondary N) is 1. The maximum absolute atomic E-state index is 12.9. The van der Waals surface area contributed by atoms with Crippen LogP contribution < -0.4 is 5.32 Å². The first-order valence-corrected chi connectivity index (χ1v) is 9.90. The van der Waals surface area contributed by atoms with Gasteiger partial charge in [-0.15, -0.1) is 0 Å². The van der Waals surface area contributed by atoms with Crippen molar-refractivity contribution in [2.45, 2.75) is 32.7 Å². The van der Waals surface area contributed by atoms with Crippen LogP contribution in [0.25, 0.3) is 22.3 Å². The number of esters is 1. The van der Waals surface area contributed by atoms with Gasteiger partial charge in [-0.25, -0.2) is 9.67 Å². The van der Waals surface area contributed by atoms with E-state index in [1.54, 1.807) is 16.9 Å². The lowest BCUT2D eigenvalue weighted by Gasteiger charge is -2.11. The summed E-state index contributed by atoms with van der Waals surface area (Å²) in [5.74, 6) is -0.275. The smallest absolute Gasteiger partial charge is 0.325 e. The number of amides is 1. The van der Waals surface area contributed by atoms with E-state index in [0.29, 0.717) is 34.8 Å². The molecule has 1 N–H and O–H groups in total. The highest BCUT2D eigenvalue weighted by Gasteiger charge is 2.23. The summed E-state index contributed by atoms with van der Waals surface area (Å²) in [6, 6.07) is 11.5. The van der Waals surface area contributed by atoms with Gasteiger partial charge in [0.15, 0.2) is 5.65 Å². The predicted octanol–water partition coefficient (Wildman–Crippen LogP) is 3.36. The van der Waals surface area contributed by atoms with Gasteiger partial charge in [0.05, 0.1) is 29.4 Å². The van der Waals surface area contributed by atoms with Crippen LogP contribution in [-0.4, -0.2) is 39.8 Å². The Morgan fingerprint density at radius 3 is 2.69 bits per heavy atom. The third kappa shape index (κ3) is 4.29. The predicted molar refractivity (Wildman–Crippen MR) is 109 cm³/mol. The van der Waals surface area contributed by atoms with Gasteiger partial charge in [-0.05, 0) is 38.7 Å². The van der Waals surface area contributed by atoms with E-state index in [1.807, 2.05) is 44.2 Å². The van der Waals surface area contributed by atoms with Gasteiger partial charge in [0, 0.05) is 11.6 Å². The van der Waals surface area contributed by atoms with Gasteiger partial charge >= 0.3 is 5.97 Å². The zero-order chi connectivity index (χ0) is 20.4. The summed E-state index contributed by atoms with van der Waals surface area (Å²) in [7, 11) is 0. The number of hydrogen-bond donors (Lipinski definition) is 1. The van der Waals surface area contributed by atoms with Gasteiger partial charge in [-0.1, -0.05) is 30.3 Å². The molecule has 7 nitrogen and oxygen atoms in total. The van der Waals surface area contributed by atoms with Gasteiger partial charge in [-0.2, -0.15) is 5.10 Å². The van der Waals surface area contributed by atoms with Crippen LogP contribution in [0.1, 0.15) is 43.1 Å². The second-order valence-electron chi connectivity index (χ2n) is 7.65. The molecule has 1 fully saturated rings. The second kappa shape index (κ2) is 8.03. The number of benzene rings is 1. The quantitative estimate of drug-likeness (QED) is 0.623. The van der Waals surface area contributed by atoms with E-state index >= 15 is 0 Å². The Morgan fingerprint density at radius 1 is 1.24 bits per heavy atom. The number of hydrogen-bond acceptors (Lipinski definition) is 5. The molecule has 0 unspecified atom stereocenters. The van der Waals surface area contributed by atoms with Gasteiger partial charge < -0.3 is 10.1 Å². The molecule has 4 rings (SSSR count). The fraction of sp³-hybridized carbons (Fsp3) is 0.364. The number of carbonyl (C=O) groups excluding carboxylic acids is 2. The summed E-state index contributed by atoms with van der Waals surface area (Å²) in [6.45, 7) is 4.31. The normalized spacial score (nSPS) is 13.6. The van der Waals surface area contributed by atoms with E-state index < -0.39 is 5.97 Å². The monoisotopic (exact) mass is 392 g/mol. The zero-order valence-corrected chi connectivity index (χ0v) is 16.6. The lowest BCUT2D eigenvalue weighted by atomic mass is 10.1. The average Bonchev–Trinajstić information content (AvgIpc) is 3.46. The minimum atomic E-state index is -0.420. The molecule has 1 aromatic carbocycles. The van der Waals surface area contributed by atoms with Crippen LogP contribution in [0.4, 0.5) is 0 Å². The highest BCUT2D eigenvalue weighted by Crippen LogP contribution is 2.29. The van der Waals surface area contributed by atoms with Crippen LogP contribution in [-0.2, 0) is 9.53 Å². The molecule has 1 aliphatic rings. The summed E-state index contributed by atoms with van der Waals surface area (Å²) in [5, 5.41) is 7.73. The van der Waals surface area contributed by atoms with Crippen LogP contribution in [0.5, 0.6) is 0 Å². The fourth-order valence-electron chi connectivity index (χ4n) is 3.13. The molecule has 0 aliphatic heterocycles. The number of ether oxygens (including phenoxy) is 1. The Morgan fingerprint density at radius 2 is 2.00 bits per heavy atom. The second-order valence-corrected chi connectivity index (χ2v) is 7.65. The molecule has 2 heterocycles. The van der Waals surface area contributed by atoms with Gasteiger partial charge in [0.2, 0.25) is 0 Å². The summed E-state index contributed by atoms with van der Waals surface area (Å²) in [4.78, 5) is 29.5. The van der Waals surface area contributed by atoms with Crippen LogP contribution in [0.2, 0.25) is 0 Å². The molecule has 2 aromatic heterocycles. The van der Waals surface area contributed by atoms with Gasteiger partial charge in [0.1, 0.15) is 6.54 Å². The van der Waals surface area contributed by atoms with E-state index in [-0.39, 0.29) is 18.5 Å². The van der Waals surface area contributed by atoms with Gasteiger partial charge in [0.25, 0.3) is 5.91 Å². The maximum atomic E-state index is 12.9. The molecule has 0 saturated heterocycles. The summed E-state index contributed by atoms with van der Waals surface area (Å²) < 4.78 is 6.98. The minimum absolute atomic E-state index is 0.0966. The van der Waals surface area contributed by atoms with Crippen molar-refractivity contribution in [1.29, 1.82) is 0 Å². The van der Waals surface area contributed by atoms with Crippen molar-refractivity contribution < 1.29 is 14.3 Å². The number of carbonyl (C=O) groups is 2. The number of aromatic nitrogens is 3. The molecule has 7 heteroatoms. The Labute approximate surface area is 169 Å². The van der Waals surface area contributed by atoms with Crippen molar-refractivity contribution >= 4 is 22.9 Å². The van der Waals surface area contributed by atoms with E-state index in [9.17, 15) is 9.59 Å². The molecule has 29 heavy (non-hydrogen) atoms. The number of fused-ring (bicyclic) bond motifs is 1. The van der Waals surface area contributed by atoms with Crippen molar-refractivity contribution in [3.63, 3.8) is 0 Å². The first-order valence-electron chi connectivity index (χ1n) is 9.90. The van der Waals surface area contributed by atoms with E-state index in [4.69, 9.17) is 9.72 Å². The molecule has 0 bridgehead atoms. The minimum Gasteiger partial charge on any atom is -0.464 e. The van der Waals surface area contributed by atoms with Crippen molar-refractivity contribution in [3.8, 4) is 11.3 Å². The molecule has 0 atom stereocenters. The molecule has 0 radical (unpaired) electrons. The van der Waals surface area contributed by atoms with Crippen LogP contribution in [0, 0.1) is 5.92 Å². The molecular formula is C22H24N4O3. The van der Waals surface area contributed by atoms with E-state index in [2.05, 4.69) is 10.4 Å². The molecule has 1 aliphatic carbocycles. The summed E-state index contributed by atoms with van der Waals surface area (Å²) in [6.07, 6.45) is 3.87. The van der Waals surface area contributed by atoms with Crippen LogP contribution in [0.15, 0.2) is 42.6 Å². The number of nitrogens with zero attached hydrogens (tertiary/aromatic N) is 3. The first kappa shape index (κ1) is 19.1. The summed E-state index contributed by atoms with van der Waals surface area (Å²) in [5.41, 5.74) is 2.67. The Kier molecular flexibility index (Phi) is 5.29. The lowest BCUT2D eigenvalue weighted by Crippen LogP contribution is -2.31. The van der Waals surface area contributed by atoms with Crippen LogP contribution >= 0.6 is 0 Å². The average molecular weight is 392 g/mol. The third-order valence-electron chi connectivity index (χ3n) is 4.94. The number of rotatable bonds is 7. The highest BCUT2D eigenvalue weighted by atomic mass is 16.5. The Balaban J connectivity index is 1.62. The van der Waals surface area contributed by atoms with Gasteiger partial charge in [-0.3, -0.25) is 9.59 Å². The highest BCUT2D eigenvalue weighted by molar-refractivity contribution is 6.07. The molecule has 0 spiro atoms. The third-order valence-corrected chi connectivity index (χ3v) is 4.94. The van der Waals surface area contributed by atoms with E-state index in [0.717, 1.165) is 18.4 Å². The maximum Gasteiger partial charge on any atom is 0.325 e. The molecule has 1 saturated carbocycles. The Hall–Kier alpha value is -3.22. The molecule has 150 valence electrons. The van der Waals surface area contributed by atoms with Crippen molar-refractivity contribution in [2.24, 2.45) is 5.92 Å². The van der Waals surface area contributed by atoms with E-state index in [1.165, 1.54) is 0 Å². The standard InChI is InChI=1S/C22H24N4O3/c1-14(2)26-21-18(11-24-26)17(10-19(25-21)16-6-4-3-5-7-16)22(28)23-12-20(27)29-13-15-8-9-15/h3-7,10-11,14-15H,8-9,12-13H2,1-2H3,(H,23,28). The molecule has 3 aromatic rings. The SMILES string of the molecule is CC(C)n1ncc2c(C(=O)NCC(=O)OCC3CC3)cc(-c3ccccc3)nc21. The van der Waals surface area contributed by atoms with Crippen LogP contribution in [0.3, 0.4) is 0 Å². The fourth-order valence-corrected chi connectivity index (χ4v) is 3.13. The zero-order valence-electron chi connectivity index (χ0n) is 16.6. The number of pyridine rings is 1. The lowest BCUT2D eigenvalue weighted by molar-refractivity contribution is -0.142. The topological polar surface area (TPSA) is 86.1 Å². The molecule has 1 amide bonds. The molecular weight excluding hydrogens is 368 g/mol. The first-order chi connectivity index (χ1) is 14.0. The Bertz CT molecular complexity index is 1040. The van der Waals surface area contributed by atoms with Crippen molar-refractivity contribution in [1.82, 2.24) is 20.1 Å². The van der Waals surface area contributed by atoms with Crippen molar-refractivity contribution in [2.75, 3.05) is 13.2 Å². The van der Waals surface area contributed by atoms with Crippen molar-refractivity contribution in [3.05, 3.63) is 48.2 Å². The largest absolute Gasteiger partial charge is 0.464 e.